The van der Waals surface area contributed by atoms with Gasteiger partial charge in [0.15, 0.2) is 9.84 Å². The minimum atomic E-state index is -3.20. The highest BCUT2D eigenvalue weighted by Crippen LogP contribution is 2.20. The molecule has 0 aromatic heterocycles. The van der Waals surface area contributed by atoms with Crippen molar-refractivity contribution < 1.29 is 18.0 Å². The molecule has 2 aliphatic heterocycles. The van der Waals surface area contributed by atoms with E-state index in [-0.39, 0.29) is 29.4 Å². The van der Waals surface area contributed by atoms with Crippen molar-refractivity contribution in [2.45, 2.75) is 37.9 Å². The Morgan fingerprint density at radius 1 is 1.00 bits per heavy atom. The Kier molecular flexibility index (Phi) is 7.52. The van der Waals surface area contributed by atoms with Crippen molar-refractivity contribution >= 4 is 21.8 Å². The number of hydrogen-bond donors (Lipinski definition) is 1. The first-order valence-corrected chi connectivity index (χ1v) is 12.3. The highest BCUT2D eigenvalue weighted by Gasteiger charge is 2.31. The molecule has 1 unspecified atom stereocenters. The van der Waals surface area contributed by atoms with Crippen LogP contribution in [0.2, 0.25) is 0 Å². The average molecular weight is 422 g/mol. The van der Waals surface area contributed by atoms with Gasteiger partial charge in [-0.1, -0.05) is 30.3 Å². The maximum absolute atomic E-state index is 12.5. The van der Waals surface area contributed by atoms with E-state index >= 15 is 0 Å². The summed E-state index contributed by atoms with van der Waals surface area (Å²) in [6.07, 6.45) is 4.09. The summed E-state index contributed by atoms with van der Waals surface area (Å²) in [4.78, 5) is 28.7. The number of rotatable bonds is 7. The Labute approximate surface area is 173 Å². The van der Waals surface area contributed by atoms with E-state index in [1.165, 1.54) is 0 Å². The monoisotopic (exact) mass is 421 g/mol. The molecule has 2 fully saturated rings. The number of amides is 3. The van der Waals surface area contributed by atoms with Crippen LogP contribution >= 0.6 is 0 Å². The third-order valence-corrected chi connectivity index (χ3v) is 7.28. The van der Waals surface area contributed by atoms with E-state index in [1.807, 2.05) is 23.1 Å². The molecule has 8 heteroatoms. The van der Waals surface area contributed by atoms with E-state index < -0.39 is 9.84 Å². The molecule has 1 N–H and O–H groups in total. The van der Waals surface area contributed by atoms with Crippen molar-refractivity contribution in [2.24, 2.45) is 5.92 Å². The summed E-state index contributed by atoms with van der Waals surface area (Å²) in [5.41, 5.74) is 0.779. The Bertz CT molecular complexity index is 791. The molecule has 7 nitrogen and oxygen atoms in total. The smallest absolute Gasteiger partial charge is 0.320 e. The van der Waals surface area contributed by atoms with Gasteiger partial charge in [-0.2, -0.15) is 0 Å². The van der Waals surface area contributed by atoms with Crippen LogP contribution in [0.25, 0.3) is 0 Å². The van der Waals surface area contributed by atoms with Gasteiger partial charge < -0.3 is 15.1 Å². The van der Waals surface area contributed by atoms with Gasteiger partial charge in [0.2, 0.25) is 5.91 Å². The Balaban J connectivity index is 1.39. The van der Waals surface area contributed by atoms with E-state index in [4.69, 9.17) is 0 Å². The summed E-state index contributed by atoms with van der Waals surface area (Å²) >= 11 is 0. The first-order valence-electron chi connectivity index (χ1n) is 10.5. The van der Waals surface area contributed by atoms with Crippen molar-refractivity contribution in [3.8, 4) is 0 Å². The second-order valence-electron chi connectivity index (χ2n) is 7.98. The van der Waals surface area contributed by atoms with Crippen molar-refractivity contribution in [2.75, 3.05) is 38.5 Å². The van der Waals surface area contributed by atoms with Gasteiger partial charge in [-0.15, -0.1) is 0 Å². The minimum Gasteiger partial charge on any atom is -0.356 e. The normalized spacial score (nSPS) is 19.9. The predicted octanol–water partition coefficient (Wildman–Crippen LogP) is 2.04. The number of carbonyl (C=O) groups excluding carboxylic acids is 2. The number of urea groups is 1. The molecule has 29 heavy (non-hydrogen) atoms. The number of nitrogens with zero attached hydrogens (tertiary/aromatic N) is 2. The summed E-state index contributed by atoms with van der Waals surface area (Å²) < 4.78 is 24.5. The zero-order valence-electron chi connectivity index (χ0n) is 16.9. The summed E-state index contributed by atoms with van der Waals surface area (Å²) in [6.45, 7) is 3.11. The third kappa shape index (κ3) is 6.45. The molecule has 0 aliphatic carbocycles. The lowest BCUT2D eigenvalue weighted by atomic mass is 9.97. The van der Waals surface area contributed by atoms with E-state index in [2.05, 4.69) is 5.32 Å². The largest absolute Gasteiger partial charge is 0.356 e. The lowest BCUT2D eigenvalue weighted by molar-refractivity contribution is -0.126. The predicted molar refractivity (Wildman–Crippen MR) is 112 cm³/mol. The lowest BCUT2D eigenvalue weighted by Crippen LogP contribution is -2.49. The topological polar surface area (TPSA) is 86.8 Å². The molecule has 0 radical (unpaired) electrons. The quantitative estimate of drug-likeness (QED) is 0.683. The standard InChI is InChI=1S/C21H31N3O4S/c25-20(19-10-6-14-24(16-19)21(26)23-12-4-5-13-23)22-11-7-15-29(27,28)17-18-8-2-1-3-9-18/h1-3,8-9,19H,4-7,10-17H2,(H,22,25). The summed E-state index contributed by atoms with van der Waals surface area (Å²) in [7, 11) is -3.20. The molecule has 3 amide bonds. The number of carbonyl (C=O) groups is 2. The Morgan fingerprint density at radius 2 is 1.69 bits per heavy atom. The number of benzene rings is 1. The van der Waals surface area contributed by atoms with Crippen LogP contribution in [0.3, 0.4) is 0 Å². The van der Waals surface area contributed by atoms with Crippen LogP contribution in [0.5, 0.6) is 0 Å². The summed E-state index contributed by atoms with van der Waals surface area (Å²) in [6, 6.07) is 9.17. The van der Waals surface area contributed by atoms with Crippen molar-refractivity contribution in [1.29, 1.82) is 0 Å². The van der Waals surface area contributed by atoms with Gasteiger partial charge in [0.25, 0.3) is 0 Å². The first-order chi connectivity index (χ1) is 13.9. The van der Waals surface area contributed by atoms with Crippen LogP contribution in [-0.4, -0.2) is 68.6 Å². The Hall–Kier alpha value is -2.09. The van der Waals surface area contributed by atoms with Crippen molar-refractivity contribution in [1.82, 2.24) is 15.1 Å². The maximum Gasteiger partial charge on any atom is 0.320 e. The fourth-order valence-electron chi connectivity index (χ4n) is 4.02. The third-order valence-electron chi connectivity index (χ3n) is 5.60. The van der Waals surface area contributed by atoms with Gasteiger partial charge >= 0.3 is 6.03 Å². The maximum atomic E-state index is 12.5. The fraction of sp³-hybridized carbons (Fsp3) is 0.619. The number of likely N-dealkylation sites (tertiary alicyclic amines) is 2. The highest BCUT2D eigenvalue weighted by atomic mass is 32.2. The number of hydrogen-bond acceptors (Lipinski definition) is 4. The molecule has 2 saturated heterocycles. The molecule has 0 bridgehead atoms. The highest BCUT2D eigenvalue weighted by molar-refractivity contribution is 7.90. The van der Waals surface area contributed by atoms with Crippen LogP contribution in [0.1, 0.15) is 37.7 Å². The number of piperidine rings is 1. The second-order valence-corrected chi connectivity index (χ2v) is 10.2. The van der Waals surface area contributed by atoms with Gasteiger partial charge in [-0.05, 0) is 37.7 Å². The fourth-order valence-corrected chi connectivity index (χ4v) is 5.45. The van der Waals surface area contributed by atoms with Gasteiger partial charge in [0.1, 0.15) is 0 Å². The van der Waals surface area contributed by atoms with Gasteiger partial charge in [-0.25, -0.2) is 13.2 Å². The lowest BCUT2D eigenvalue weighted by Gasteiger charge is -2.34. The molecule has 1 aromatic carbocycles. The molecule has 160 valence electrons. The molecule has 2 heterocycles. The molecular weight excluding hydrogens is 390 g/mol. The molecule has 1 aromatic rings. The molecule has 3 rings (SSSR count). The van der Waals surface area contributed by atoms with E-state index in [0.717, 1.165) is 44.3 Å². The van der Waals surface area contributed by atoms with Crippen molar-refractivity contribution in [3.63, 3.8) is 0 Å². The van der Waals surface area contributed by atoms with Crippen LogP contribution in [0, 0.1) is 5.92 Å². The summed E-state index contributed by atoms with van der Waals surface area (Å²) in [5, 5.41) is 2.86. The number of nitrogens with one attached hydrogen (secondary N) is 1. The van der Waals surface area contributed by atoms with Gasteiger partial charge in [0.05, 0.1) is 17.4 Å². The van der Waals surface area contributed by atoms with Crippen LogP contribution in [-0.2, 0) is 20.4 Å². The van der Waals surface area contributed by atoms with Crippen LogP contribution in [0.4, 0.5) is 4.79 Å². The molecule has 0 saturated carbocycles. The van der Waals surface area contributed by atoms with E-state index in [1.54, 1.807) is 17.0 Å². The Morgan fingerprint density at radius 3 is 2.41 bits per heavy atom. The van der Waals surface area contributed by atoms with Gasteiger partial charge in [0, 0.05) is 32.7 Å². The molecule has 2 aliphatic rings. The van der Waals surface area contributed by atoms with E-state index in [0.29, 0.717) is 26.1 Å². The summed E-state index contributed by atoms with van der Waals surface area (Å²) in [5.74, 6) is -0.217. The van der Waals surface area contributed by atoms with Gasteiger partial charge in [-0.3, -0.25) is 4.79 Å². The minimum absolute atomic E-state index is 0.0258. The van der Waals surface area contributed by atoms with Crippen molar-refractivity contribution in [3.05, 3.63) is 35.9 Å². The zero-order valence-corrected chi connectivity index (χ0v) is 17.7. The average Bonchev–Trinajstić information content (AvgIpc) is 3.26. The first kappa shape index (κ1) is 21.6. The van der Waals surface area contributed by atoms with E-state index in [9.17, 15) is 18.0 Å². The second kappa shape index (κ2) is 10.1. The SMILES string of the molecule is O=C(NCCCS(=O)(=O)Cc1ccccc1)C1CCCN(C(=O)N2CCCC2)C1. The molecule has 1 atom stereocenters. The molecular formula is C21H31N3O4S. The van der Waals surface area contributed by atoms with Crippen LogP contribution in [0.15, 0.2) is 30.3 Å². The zero-order chi connectivity index (χ0) is 20.7. The number of sulfone groups is 1. The molecule has 0 spiro atoms. The van der Waals surface area contributed by atoms with Crippen LogP contribution < -0.4 is 5.32 Å².